The Morgan fingerprint density at radius 1 is 0.962 bits per heavy atom. The molecule has 0 aromatic heterocycles. The molecule has 2 aromatic rings. The average Bonchev–Trinajstić information content (AvgIpc) is 2.65. The Labute approximate surface area is 164 Å². The summed E-state index contributed by atoms with van der Waals surface area (Å²) in [5.41, 5.74) is 1.70. The Morgan fingerprint density at radius 2 is 1.62 bits per heavy atom. The summed E-state index contributed by atoms with van der Waals surface area (Å²) in [6, 6.07) is 12.7. The number of piperazine rings is 1. The number of rotatable bonds is 5. The molecule has 1 saturated heterocycles. The molecule has 0 atom stereocenters. The molecule has 1 aliphatic heterocycles. The Bertz CT molecular complexity index is 865. The fourth-order valence-electron chi connectivity index (χ4n) is 2.95. The highest BCUT2D eigenvalue weighted by atomic mass is 35.5. The van der Waals surface area contributed by atoms with Crippen molar-refractivity contribution in [1.29, 1.82) is 0 Å². The molecule has 3 rings (SSSR count). The predicted octanol–water partition coefficient (Wildman–Crippen LogP) is 3.65. The van der Waals surface area contributed by atoms with Gasteiger partial charge < -0.3 is 9.64 Å². The first-order chi connectivity index (χ1) is 12.4. The second kappa shape index (κ2) is 8.05. The van der Waals surface area contributed by atoms with Crippen LogP contribution in [0.25, 0.3) is 0 Å². The van der Waals surface area contributed by atoms with E-state index in [1.807, 2.05) is 24.3 Å². The molecule has 2 aromatic carbocycles. The lowest BCUT2D eigenvalue weighted by atomic mass is 10.2. The first-order valence-corrected chi connectivity index (χ1v) is 10.6. The van der Waals surface area contributed by atoms with Gasteiger partial charge in [-0.25, -0.2) is 8.42 Å². The topological polar surface area (TPSA) is 49.9 Å². The summed E-state index contributed by atoms with van der Waals surface area (Å²) in [5, 5.41) is 0.782. The molecule has 0 radical (unpaired) electrons. The number of anilines is 1. The monoisotopic (exact) mass is 414 g/mol. The van der Waals surface area contributed by atoms with E-state index < -0.39 is 10.0 Å². The molecule has 26 heavy (non-hydrogen) atoms. The van der Waals surface area contributed by atoms with Crippen molar-refractivity contribution >= 4 is 38.9 Å². The first kappa shape index (κ1) is 19.3. The van der Waals surface area contributed by atoms with Crippen LogP contribution in [-0.4, -0.2) is 46.0 Å². The van der Waals surface area contributed by atoms with Gasteiger partial charge in [-0.1, -0.05) is 29.3 Å². The van der Waals surface area contributed by atoms with Gasteiger partial charge in [-0.15, -0.1) is 0 Å². The minimum Gasteiger partial charge on any atom is -0.497 e. The molecule has 0 spiro atoms. The van der Waals surface area contributed by atoms with Crippen molar-refractivity contribution in [3.8, 4) is 5.75 Å². The van der Waals surface area contributed by atoms with Crippen molar-refractivity contribution in [3.05, 3.63) is 58.1 Å². The van der Waals surface area contributed by atoms with Gasteiger partial charge in [-0.2, -0.15) is 4.31 Å². The van der Waals surface area contributed by atoms with Crippen molar-refractivity contribution in [2.45, 2.75) is 5.75 Å². The van der Waals surface area contributed by atoms with Gasteiger partial charge in [0.15, 0.2) is 0 Å². The third-order valence-corrected chi connectivity index (χ3v) is 6.99. The number of hydrogen-bond donors (Lipinski definition) is 0. The van der Waals surface area contributed by atoms with Gasteiger partial charge >= 0.3 is 0 Å². The van der Waals surface area contributed by atoms with Gasteiger partial charge in [-0.05, 0) is 42.0 Å². The Kier molecular flexibility index (Phi) is 5.97. The average molecular weight is 415 g/mol. The summed E-state index contributed by atoms with van der Waals surface area (Å²) in [6.07, 6.45) is 0. The van der Waals surface area contributed by atoms with Crippen LogP contribution in [0.1, 0.15) is 5.56 Å². The Hall–Kier alpha value is -1.47. The molecular formula is C18H20Cl2N2O3S. The van der Waals surface area contributed by atoms with Crippen LogP contribution >= 0.6 is 23.2 Å². The van der Waals surface area contributed by atoms with Crippen molar-refractivity contribution in [3.63, 3.8) is 0 Å². The van der Waals surface area contributed by atoms with Crippen LogP contribution in [0.2, 0.25) is 10.0 Å². The third-order valence-electron chi connectivity index (χ3n) is 4.40. The van der Waals surface area contributed by atoms with E-state index >= 15 is 0 Å². The molecular weight excluding hydrogens is 395 g/mol. The van der Waals surface area contributed by atoms with E-state index in [9.17, 15) is 8.42 Å². The van der Waals surface area contributed by atoms with E-state index in [4.69, 9.17) is 27.9 Å². The molecule has 0 saturated carbocycles. The van der Waals surface area contributed by atoms with Crippen LogP contribution in [-0.2, 0) is 15.8 Å². The molecule has 0 aliphatic carbocycles. The van der Waals surface area contributed by atoms with Gasteiger partial charge in [0, 0.05) is 31.9 Å². The zero-order chi connectivity index (χ0) is 18.7. The molecule has 0 unspecified atom stereocenters. The smallest absolute Gasteiger partial charge is 0.218 e. The van der Waals surface area contributed by atoms with Crippen molar-refractivity contribution in [2.24, 2.45) is 0 Å². The predicted molar refractivity (Wildman–Crippen MR) is 106 cm³/mol. The van der Waals surface area contributed by atoms with Gasteiger partial charge in [0.05, 0.1) is 22.9 Å². The fourth-order valence-corrected chi connectivity index (χ4v) is 4.77. The number of sulfonamides is 1. The minimum absolute atomic E-state index is 0.0770. The molecule has 0 bridgehead atoms. The van der Waals surface area contributed by atoms with Gasteiger partial charge in [-0.3, -0.25) is 0 Å². The van der Waals surface area contributed by atoms with E-state index in [-0.39, 0.29) is 5.75 Å². The highest BCUT2D eigenvalue weighted by Crippen LogP contribution is 2.25. The van der Waals surface area contributed by atoms with Crippen molar-refractivity contribution < 1.29 is 13.2 Å². The number of methoxy groups -OCH3 is 1. The molecule has 1 heterocycles. The lowest BCUT2D eigenvalue weighted by molar-refractivity contribution is 0.384. The van der Waals surface area contributed by atoms with E-state index in [0.717, 1.165) is 11.4 Å². The number of halogens is 2. The van der Waals surface area contributed by atoms with Crippen LogP contribution in [0, 0.1) is 0 Å². The fraction of sp³-hybridized carbons (Fsp3) is 0.333. The standard InChI is InChI=1S/C18H20Cl2N2O3S/c1-25-16-5-3-15(4-6-16)21-8-10-22(11-9-21)26(23,24)13-14-2-7-17(19)18(20)12-14/h2-7,12H,8-11,13H2,1H3. The summed E-state index contributed by atoms with van der Waals surface area (Å²) < 4.78 is 32.1. The largest absolute Gasteiger partial charge is 0.497 e. The highest BCUT2D eigenvalue weighted by molar-refractivity contribution is 7.88. The minimum atomic E-state index is -3.40. The highest BCUT2D eigenvalue weighted by Gasteiger charge is 2.27. The molecule has 1 aliphatic rings. The zero-order valence-electron chi connectivity index (χ0n) is 14.4. The van der Waals surface area contributed by atoms with E-state index in [2.05, 4.69) is 4.90 Å². The number of benzene rings is 2. The third kappa shape index (κ3) is 4.43. The van der Waals surface area contributed by atoms with Gasteiger partial charge in [0.2, 0.25) is 10.0 Å². The van der Waals surface area contributed by atoms with Crippen LogP contribution < -0.4 is 9.64 Å². The second-order valence-corrected chi connectivity index (χ2v) is 8.87. The molecule has 140 valence electrons. The number of nitrogens with zero attached hydrogens (tertiary/aromatic N) is 2. The number of hydrogen-bond acceptors (Lipinski definition) is 4. The zero-order valence-corrected chi connectivity index (χ0v) is 16.7. The van der Waals surface area contributed by atoms with Crippen LogP contribution in [0.15, 0.2) is 42.5 Å². The Morgan fingerprint density at radius 3 is 2.19 bits per heavy atom. The van der Waals surface area contributed by atoms with E-state index in [0.29, 0.717) is 41.8 Å². The summed E-state index contributed by atoms with van der Waals surface area (Å²) >= 11 is 11.9. The normalized spacial score (nSPS) is 15.9. The van der Waals surface area contributed by atoms with Crippen LogP contribution in [0.4, 0.5) is 5.69 Å². The lowest BCUT2D eigenvalue weighted by Crippen LogP contribution is -2.49. The maximum atomic E-state index is 12.7. The molecule has 5 nitrogen and oxygen atoms in total. The molecule has 1 fully saturated rings. The van der Waals surface area contributed by atoms with Crippen LogP contribution in [0.5, 0.6) is 5.75 Å². The molecule has 0 N–H and O–H groups in total. The summed E-state index contributed by atoms with van der Waals surface area (Å²) in [7, 11) is -1.77. The van der Waals surface area contributed by atoms with Gasteiger partial charge in [0.25, 0.3) is 0 Å². The maximum Gasteiger partial charge on any atom is 0.218 e. The summed E-state index contributed by atoms with van der Waals surface area (Å²) in [4.78, 5) is 2.17. The number of ether oxygens (including phenoxy) is 1. The summed E-state index contributed by atoms with van der Waals surface area (Å²) in [5.74, 6) is 0.725. The SMILES string of the molecule is COc1ccc(N2CCN(S(=O)(=O)Cc3ccc(Cl)c(Cl)c3)CC2)cc1. The lowest BCUT2D eigenvalue weighted by Gasteiger charge is -2.35. The molecule has 0 amide bonds. The van der Waals surface area contributed by atoms with Crippen LogP contribution in [0.3, 0.4) is 0 Å². The Balaban J connectivity index is 1.63. The second-order valence-electron chi connectivity index (χ2n) is 6.09. The van der Waals surface area contributed by atoms with E-state index in [1.165, 1.54) is 4.31 Å². The van der Waals surface area contributed by atoms with Crippen molar-refractivity contribution in [2.75, 3.05) is 38.2 Å². The maximum absolute atomic E-state index is 12.7. The molecule has 8 heteroatoms. The first-order valence-electron chi connectivity index (χ1n) is 8.20. The van der Waals surface area contributed by atoms with Gasteiger partial charge in [0.1, 0.15) is 5.75 Å². The quantitative estimate of drug-likeness (QED) is 0.748. The summed E-state index contributed by atoms with van der Waals surface area (Å²) in [6.45, 7) is 2.20. The van der Waals surface area contributed by atoms with Crippen molar-refractivity contribution in [1.82, 2.24) is 4.31 Å². The van der Waals surface area contributed by atoms with E-state index in [1.54, 1.807) is 25.3 Å².